The van der Waals surface area contributed by atoms with Gasteiger partial charge in [-0.25, -0.2) is 0 Å². The molecule has 0 spiro atoms. The molecule has 0 aliphatic rings. The Morgan fingerprint density at radius 3 is 2.41 bits per heavy atom. The van der Waals surface area contributed by atoms with Crippen molar-refractivity contribution in [3.8, 4) is 11.5 Å². The van der Waals surface area contributed by atoms with Gasteiger partial charge in [-0.3, -0.25) is 0 Å². The minimum Gasteiger partial charge on any atom is -0.490 e. The Bertz CT molecular complexity index is 1200. The number of aryl methyl sites for hydroxylation is 1. The molecule has 4 aromatic carbocycles. The van der Waals surface area contributed by atoms with Crippen LogP contribution in [0.5, 0.6) is 11.5 Å². The first-order chi connectivity index (χ1) is 15.7. The molecule has 0 saturated heterocycles. The van der Waals surface area contributed by atoms with Crippen molar-refractivity contribution in [2.24, 2.45) is 0 Å². The Labute approximate surface area is 203 Å². The number of rotatable bonds is 9. The molecule has 4 aromatic rings. The van der Waals surface area contributed by atoms with Crippen molar-refractivity contribution in [3.05, 3.63) is 99.1 Å². The number of benzene rings is 4. The molecule has 0 radical (unpaired) electrons. The van der Waals surface area contributed by atoms with E-state index in [0.29, 0.717) is 13.2 Å². The monoisotopic (exact) mass is 537 g/mol. The maximum Gasteiger partial charge on any atom is 0.174 e. The zero-order chi connectivity index (χ0) is 22.3. The molecule has 0 aliphatic carbocycles. The van der Waals surface area contributed by atoms with Crippen molar-refractivity contribution in [3.63, 3.8) is 0 Å². The third-order valence-electron chi connectivity index (χ3n) is 5.50. The van der Waals surface area contributed by atoms with E-state index in [0.717, 1.165) is 28.0 Å². The number of ether oxygens (including phenoxy) is 2. The van der Waals surface area contributed by atoms with Crippen LogP contribution in [0.1, 0.15) is 30.5 Å². The van der Waals surface area contributed by atoms with Gasteiger partial charge < -0.3 is 14.8 Å². The van der Waals surface area contributed by atoms with Crippen molar-refractivity contribution in [1.82, 2.24) is 0 Å². The van der Waals surface area contributed by atoms with E-state index in [2.05, 4.69) is 114 Å². The molecule has 0 bridgehead atoms. The Kier molecular flexibility index (Phi) is 7.53. The normalized spacial score (nSPS) is 10.8. The van der Waals surface area contributed by atoms with E-state index in [1.807, 2.05) is 6.92 Å². The third-order valence-corrected chi connectivity index (χ3v) is 6.30. The van der Waals surface area contributed by atoms with E-state index in [9.17, 15) is 0 Å². The lowest BCUT2D eigenvalue weighted by atomic mass is 10.1. The molecule has 4 heteroatoms. The summed E-state index contributed by atoms with van der Waals surface area (Å²) < 4.78 is 13.3. The van der Waals surface area contributed by atoms with Gasteiger partial charge in [0.2, 0.25) is 0 Å². The van der Waals surface area contributed by atoms with Gasteiger partial charge in [-0.15, -0.1) is 0 Å². The largest absolute Gasteiger partial charge is 0.490 e. The minimum absolute atomic E-state index is 0.499. The Hall–Kier alpha value is -2.73. The Morgan fingerprint density at radius 1 is 0.812 bits per heavy atom. The smallest absolute Gasteiger partial charge is 0.174 e. The molecular formula is C28H28INO2. The van der Waals surface area contributed by atoms with Crippen LogP contribution in [-0.4, -0.2) is 6.61 Å². The number of halogens is 1. The molecule has 4 rings (SSSR count). The zero-order valence-electron chi connectivity index (χ0n) is 18.5. The van der Waals surface area contributed by atoms with E-state index in [-0.39, 0.29) is 0 Å². The van der Waals surface area contributed by atoms with Gasteiger partial charge in [-0.1, -0.05) is 67.6 Å². The average Bonchev–Trinajstić information content (AvgIpc) is 2.82. The third kappa shape index (κ3) is 5.18. The summed E-state index contributed by atoms with van der Waals surface area (Å²) in [6.45, 7) is 6.01. The van der Waals surface area contributed by atoms with Crippen LogP contribution < -0.4 is 14.8 Å². The first kappa shape index (κ1) is 22.5. The molecule has 0 aromatic heterocycles. The van der Waals surface area contributed by atoms with Gasteiger partial charge >= 0.3 is 0 Å². The predicted molar refractivity (Wildman–Crippen MR) is 142 cm³/mol. The van der Waals surface area contributed by atoms with Crippen LogP contribution in [0.3, 0.4) is 0 Å². The molecule has 0 saturated carbocycles. The molecule has 32 heavy (non-hydrogen) atoms. The summed E-state index contributed by atoms with van der Waals surface area (Å²) in [6.07, 6.45) is 1.01. The van der Waals surface area contributed by atoms with Crippen LogP contribution in [0.25, 0.3) is 10.8 Å². The molecule has 0 amide bonds. The quantitative estimate of drug-likeness (QED) is 0.223. The molecule has 0 fully saturated rings. The lowest BCUT2D eigenvalue weighted by molar-refractivity contribution is 0.268. The van der Waals surface area contributed by atoms with Crippen molar-refractivity contribution < 1.29 is 9.47 Å². The molecule has 0 unspecified atom stereocenters. The van der Waals surface area contributed by atoms with Gasteiger partial charge in [0.1, 0.15) is 6.61 Å². The average molecular weight is 537 g/mol. The first-order valence-corrected chi connectivity index (χ1v) is 12.1. The van der Waals surface area contributed by atoms with E-state index < -0.39 is 0 Å². The fourth-order valence-electron chi connectivity index (χ4n) is 3.89. The summed E-state index contributed by atoms with van der Waals surface area (Å²) in [5.41, 5.74) is 4.84. The highest BCUT2D eigenvalue weighted by atomic mass is 127. The van der Waals surface area contributed by atoms with E-state index in [1.165, 1.54) is 33.2 Å². The highest BCUT2D eigenvalue weighted by Gasteiger charge is 2.14. The lowest BCUT2D eigenvalue weighted by Gasteiger charge is -2.17. The summed E-state index contributed by atoms with van der Waals surface area (Å²) in [4.78, 5) is 0. The molecule has 0 atom stereocenters. The van der Waals surface area contributed by atoms with Crippen molar-refractivity contribution >= 4 is 39.1 Å². The van der Waals surface area contributed by atoms with E-state index in [4.69, 9.17) is 9.47 Å². The molecule has 3 nitrogen and oxygen atoms in total. The van der Waals surface area contributed by atoms with Crippen LogP contribution in [-0.2, 0) is 19.6 Å². The lowest BCUT2D eigenvalue weighted by Crippen LogP contribution is -2.06. The molecular weight excluding hydrogens is 509 g/mol. The number of fused-ring (bicyclic) bond motifs is 1. The Morgan fingerprint density at radius 2 is 1.56 bits per heavy atom. The maximum absolute atomic E-state index is 6.32. The summed E-state index contributed by atoms with van der Waals surface area (Å²) in [5.74, 6) is 1.60. The van der Waals surface area contributed by atoms with Crippen molar-refractivity contribution in [2.45, 2.75) is 33.4 Å². The summed E-state index contributed by atoms with van der Waals surface area (Å²) >= 11 is 2.35. The molecule has 0 heterocycles. The highest BCUT2D eigenvalue weighted by Crippen LogP contribution is 2.35. The fourth-order valence-corrected chi connectivity index (χ4v) is 4.71. The maximum atomic E-state index is 6.32. The van der Waals surface area contributed by atoms with Crippen LogP contribution in [0.2, 0.25) is 0 Å². The summed E-state index contributed by atoms with van der Waals surface area (Å²) in [7, 11) is 0. The van der Waals surface area contributed by atoms with Gasteiger partial charge in [0.05, 0.1) is 10.2 Å². The van der Waals surface area contributed by atoms with Gasteiger partial charge in [-0.2, -0.15) is 0 Å². The topological polar surface area (TPSA) is 30.5 Å². The summed E-state index contributed by atoms with van der Waals surface area (Å²) in [5, 5.41) is 6.02. The number of para-hydroxylation sites is 1. The van der Waals surface area contributed by atoms with Crippen LogP contribution in [0, 0.1) is 3.57 Å². The fraction of sp³-hybridized carbons (Fsp3) is 0.214. The van der Waals surface area contributed by atoms with Crippen LogP contribution >= 0.6 is 22.6 Å². The SMILES string of the molecule is CCOc1cc(CNc2ccccc2CC)cc(I)c1OCc1cccc2ccccc12. The van der Waals surface area contributed by atoms with Gasteiger partial charge in [0.15, 0.2) is 11.5 Å². The molecule has 0 aliphatic heterocycles. The van der Waals surface area contributed by atoms with Gasteiger partial charge in [0, 0.05) is 12.2 Å². The van der Waals surface area contributed by atoms with E-state index in [1.54, 1.807) is 0 Å². The number of nitrogens with one attached hydrogen (secondary N) is 1. The Balaban J connectivity index is 1.54. The van der Waals surface area contributed by atoms with Gasteiger partial charge in [-0.05, 0) is 81.6 Å². The van der Waals surface area contributed by atoms with E-state index >= 15 is 0 Å². The molecule has 164 valence electrons. The first-order valence-electron chi connectivity index (χ1n) is 11.1. The highest BCUT2D eigenvalue weighted by molar-refractivity contribution is 14.1. The second-order valence-corrected chi connectivity index (χ2v) is 8.79. The summed E-state index contributed by atoms with van der Waals surface area (Å²) in [6, 6.07) is 27.5. The standard InChI is InChI=1S/C28H28INO2/c1-3-21-10-6-8-15-26(21)30-18-20-16-25(29)28(27(17-20)31-4-2)32-19-23-13-9-12-22-11-5-7-14-24(22)23/h5-17,30H,3-4,18-19H2,1-2H3. The number of anilines is 1. The molecule has 1 N–H and O–H groups in total. The van der Waals surface area contributed by atoms with Gasteiger partial charge in [0.25, 0.3) is 0 Å². The second-order valence-electron chi connectivity index (χ2n) is 7.63. The predicted octanol–water partition coefficient (Wildman–Crippen LogP) is 7.60. The van der Waals surface area contributed by atoms with Crippen LogP contribution in [0.4, 0.5) is 5.69 Å². The minimum atomic E-state index is 0.499. The van der Waals surface area contributed by atoms with Crippen molar-refractivity contribution in [1.29, 1.82) is 0 Å². The number of hydrogen-bond acceptors (Lipinski definition) is 3. The number of hydrogen-bond donors (Lipinski definition) is 1. The zero-order valence-corrected chi connectivity index (χ0v) is 20.7. The van der Waals surface area contributed by atoms with Crippen molar-refractivity contribution in [2.75, 3.05) is 11.9 Å². The second kappa shape index (κ2) is 10.7. The van der Waals surface area contributed by atoms with Crippen LogP contribution in [0.15, 0.2) is 78.9 Å².